The monoisotopic (exact) mass is 193 g/mol. The van der Waals surface area contributed by atoms with E-state index in [4.69, 9.17) is 0 Å². The second-order valence-corrected chi connectivity index (χ2v) is 4.34. The third kappa shape index (κ3) is 1.57. The van der Waals surface area contributed by atoms with Gasteiger partial charge in [-0.1, -0.05) is 20.8 Å². The first-order valence-electron chi connectivity index (χ1n) is 5.50. The Hall–Kier alpha value is -0.830. The fourth-order valence-electron chi connectivity index (χ4n) is 2.15. The number of nitrogens with one attached hydrogen (secondary N) is 1. The maximum atomic E-state index is 4.41. The molecular formula is C11H19N3. The van der Waals surface area contributed by atoms with E-state index in [1.165, 1.54) is 23.5 Å². The lowest BCUT2D eigenvalue weighted by atomic mass is 9.98. The third-order valence-corrected chi connectivity index (χ3v) is 3.04. The maximum absolute atomic E-state index is 4.41. The molecule has 78 valence electrons. The third-order valence-electron chi connectivity index (χ3n) is 3.04. The minimum Gasteiger partial charge on any atom is -0.297 e. The molecule has 1 aliphatic rings. The van der Waals surface area contributed by atoms with Crippen molar-refractivity contribution in [3.8, 4) is 0 Å². The molecule has 0 fully saturated rings. The van der Waals surface area contributed by atoms with Crippen molar-refractivity contribution in [3.05, 3.63) is 17.0 Å². The van der Waals surface area contributed by atoms with Crippen molar-refractivity contribution in [1.29, 1.82) is 0 Å². The van der Waals surface area contributed by atoms with Gasteiger partial charge in [0.25, 0.3) is 0 Å². The van der Waals surface area contributed by atoms with Crippen LogP contribution in [0.5, 0.6) is 0 Å². The lowest BCUT2D eigenvalue weighted by molar-refractivity contribution is 0.264. The van der Waals surface area contributed by atoms with Crippen molar-refractivity contribution >= 4 is 0 Å². The smallest absolute Gasteiger partial charge is 0.0683 e. The van der Waals surface area contributed by atoms with E-state index in [1.807, 2.05) is 0 Å². The van der Waals surface area contributed by atoms with Crippen LogP contribution in [0.15, 0.2) is 0 Å². The van der Waals surface area contributed by atoms with Crippen LogP contribution >= 0.6 is 0 Å². The van der Waals surface area contributed by atoms with Crippen molar-refractivity contribution < 1.29 is 0 Å². The molecule has 0 aliphatic carbocycles. The number of rotatable bonds is 2. The molecule has 0 saturated carbocycles. The number of likely N-dealkylation sites (N-methyl/N-ethyl adjacent to an activating group) is 1. The highest BCUT2D eigenvalue weighted by molar-refractivity contribution is 5.29. The van der Waals surface area contributed by atoms with Crippen molar-refractivity contribution in [2.75, 3.05) is 13.1 Å². The number of hydrogen-bond donors (Lipinski definition) is 1. The SMILES string of the molecule is CCN1CCc2c(C(C)C)n[nH]c2C1. The minimum atomic E-state index is 0.545. The second-order valence-electron chi connectivity index (χ2n) is 4.34. The molecule has 1 aromatic heterocycles. The van der Waals surface area contributed by atoms with Gasteiger partial charge in [-0.2, -0.15) is 5.10 Å². The van der Waals surface area contributed by atoms with E-state index >= 15 is 0 Å². The summed E-state index contributed by atoms with van der Waals surface area (Å²) in [5, 5.41) is 7.59. The Balaban J connectivity index is 2.25. The molecule has 2 rings (SSSR count). The summed E-state index contributed by atoms with van der Waals surface area (Å²) in [6.07, 6.45) is 1.16. The van der Waals surface area contributed by atoms with Gasteiger partial charge >= 0.3 is 0 Å². The number of aromatic nitrogens is 2. The summed E-state index contributed by atoms with van der Waals surface area (Å²) in [5.41, 5.74) is 4.09. The van der Waals surface area contributed by atoms with Gasteiger partial charge in [-0.15, -0.1) is 0 Å². The normalized spacial score (nSPS) is 17.4. The second kappa shape index (κ2) is 3.73. The molecule has 0 amide bonds. The van der Waals surface area contributed by atoms with E-state index in [1.54, 1.807) is 0 Å². The molecule has 0 aromatic carbocycles. The summed E-state index contributed by atoms with van der Waals surface area (Å²) >= 11 is 0. The average Bonchev–Trinajstić information content (AvgIpc) is 2.59. The van der Waals surface area contributed by atoms with Crippen molar-refractivity contribution in [1.82, 2.24) is 15.1 Å². The largest absolute Gasteiger partial charge is 0.297 e. The van der Waals surface area contributed by atoms with E-state index < -0.39 is 0 Å². The quantitative estimate of drug-likeness (QED) is 0.778. The highest BCUT2D eigenvalue weighted by atomic mass is 15.2. The lowest BCUT2D eigenvalue weighted by Crippen LogP contribution is -2.30. The molecule has 0 spiro atoms. The van der Waals surface area contributed by atoms with E-state index in [0.717, 1.165) is 19.5 Å². The molecule has 0 bridgehead atoms. The zero-order chi connectivity index (χ0) is 10.1. The molecule has 1 aliphatic heterocycles. The van der Waals surface area contributed by atoms with Crippen LogP contribution in [0.2, 0.25) is 0 Å². The summed E-state index contributed by atoms with van der Waals surface area (Å²) < 4.78 is 0. The molecule has 1 aromatic rings. The maximum Gasteiger partial charge on any atom is 0.0683 e. The summed E-state index contributed by atoms with van der Waals surface area (Å²) in [6, 6.07) is 0. The Morgan fingerprint density at radius 3 is 2.93 bits per heavy atom. The van der Waals surface area contributed by atoms with E-state index in [-0.39, 0.29) is 0 Å². The number of nitrogens with zero attached hydrogens (tertiary/aromatic N) is 2. The van der Waals surface area contributed by atoms with Gasteiger partial charge in [-0.25, -0.2) is 0 Å². The molecule has 0 radical (unpaired) electrons. The molecule has 0 unspecified atom stereocenters. The standard InChI is InChI=1S/C11H19N3/c1-4-14-6-5-9-10(7-14)12-13-11(9)8(2)3/h8H,4-7H2,1-3H3,(H,12,13). The van der Waals surface area contributed by atoms with Crippen LogP contribution in [0.3, 0.4) is 0 Å². The first-order valence-corrected chi connectivity index (χ1v) is 5.50. The highest BCUT2D eigenvalue weighted by Gasteiger charge is 2.21. The van der Waals surface area contributed by atoms with E-state index in [0.29, 0.717) is 5.92 Å². The first-order chi connectivity index (χ1) is 6.72. The molecule has 2 heterocycles. The Morgan fingerprint density at radius 2 is 2.29 bits per heavy atom. The zero-order valence-corrected chi connectivity index (χ0v) is 9.30. The van der Waals surface area contributed by atoms with E-state index in [2.05, 4.69) is 35.9 Å². The predicted molar refractivity (Wildman–Crippen MR) is 57.3 cm³/mol. The van der Waals surface area contributed by atoms with Crippen LogP contribution < -0.4 is 0 Å². The molecule has 0 atom stereocenters. The lowest BCUT2D eigenvalue weighted by Gasteiger charge is -2.25. The summed E-state index contributed by atoms with van der Waals surface area (Å²) in [7, 11) is 0. The molecule has 1 N–H and O–H groups in total. The van der Waals surface area contributed by atoms with Gasteiger partial charge < -0.3 is 0 Å². The average molecular weight is 193 g/mol. The first kappa shape index (κ1) is 9.71. The van der Waals surface area contributed by atoms with Crippen molar-refractivity contribution in [2.24, 2.45) is 0 Å². The Kier molecular flexibility index (Phi) is 2.59. The van der Waals surface area contributed by atoms with Crippen LogP contribution in [0, 0.1) is 0 Å². The minimum absolute atomic E-state index is 0.545. The van der Waals surface area contributed by atoms with Gasteiger partial charge in [0, 0.05) is 13.1 Å². The summed E-state index contributed by atoms with van der Waals surface area (Å²) in [4.78, 5) is 2.45. The van der Waals surface area contributed by atoms with Gasteiger partial charge in [0.2, 0.25) is 0 Å². The van der Waals surface area contributed by atoms with Crippen LogP contribution in [0.1, 0.15) is 43.6 Å². The number of aromatic amines is 1. The molecule has 0 saturated heterocycles. The van der Waals surface area contributed by atoms with Gasteiger partial charge in [-0.05, 0) is 24.4 Å². The van der Waals surface area contributed by atoms with Gasteiger partial charge in [0.05, 0.1) is 11.4 Å². The fourth-order valence-corrected chi connectivity index (χ4v) is 2.15. The predicted octanol–water partition coefficient (Wildman–Crippen LogP) is 1.91. The van der Waals surface area contributed by atoms with Gasteiger partial charge in [0.1, 0.15) is 0 Å². The van der Waals surface area contributed by atoms with E-state index in [9.17, 15) is 0 Å². The van der Waals surface area contributed by atoms with Crippen molar-refractivity contribution in [3.63, 3.8) is 0 Å². The molecule has 3 nitrogen and oxygen atoms in total. The molecular weight excluding hydrogens is 174 g/mol. The topological polar surface area (TPSA) is 31.9 Å². The van der Waals surface area contributed by atoms with Crippen LogP contribution in [0.4, 0.5) is 0 Å². The molecule has 14 heavy (non-hydrogen) atoms. The van der Waals surface area contributed by atoms with Crippen LogP contribution in [0.25, 0.3) is 0 Å². The summed E-state index contributed by atoms with van der Waals surface area (Å²) in [6.45, 7) is 10.00. The number of hydrogen-bond acceptors (Lipinski definition) is 2. The number of H-pyrrole nitrogens is 1. The Morgan fingerprint density at radius 1 is 1.50 bits per heavy atom. The van der Waals surface area contributed by atoms with Crippen LogP contribution in [-0.4, -0.2) is 28.2 Å². The highest BCUT2D eigenvalue weighted by Crippen LogP contribution is 2.24. The fraction of sp³-hybridized carbons (Fsp3) is 0.727. The number of fused-ring (bicyclic) bond motifs is 1. The molecule has 3 heteroatoms. The zero-order valence-electron chi connectivity index (χ0n) is 9.30. The van der Waals surface area contributed by atoms with Gasteiger partial charge in [-0.3, -0.25) is 10.00 Å². The van der Waals surface area contributed by atoms with Gasteiger partial charge in [0.15, 0.2) is 0 Å². The Bertz CT molecular complexity index is 314. The van der Waals surface area contributed by atoms with Crippen molar-refractivity contribution in [2.45, 2.75) is 39.7 Å². The van der Waals surface area contributed by atoms with Crippen LogP contribution in [-0.2, 0) is 13.0 Å². The summed E-state index contributed by atoms with van der Waals surface area (Å²) in [5.74, 6) is 0.545. The Labute approximate surface area is 85.5 Å².